The van der Waals surface area contributed by atoms with Crippen LogP contribution in [0.4, 0.5) is 17.1 Å². The zero-order valence-corrected chi connectivity index (χ0v) is 14.1. The van der Waals surface area contributed by atoms with E-state index in [4.69, 9.17) is 0 Å². The number of carbonyl (C=O) groups excluding carboxylic acids is 1. The van der Waals surface area contributed by atoms with Gasteiger partial charge in [0.15, 0.2) is 5.78 Å². The molecule has 122 valence electrons. The largest absolute Gasteiger partial charge is 0.377 e. The van der Waals surface area contributed by atoms with E-state index in [1.165, 1.54) is 6.92 Å². The van der Waals surface area contributed by atoms with Gasteiger partial charge in [-0.1, -0.05) is 20.8 Å². The van der Waals surface area contributed by atoms with Gasteiger partial charge >= 0.3 is 0 Å². The van der Waals surface area contributed by atoms with Crippen LogP contribution < -0.4 is 21.5 Å². The molecule has 0 aromatic heterocycles. The second-order valence-corrected chi connectivity index (χ2v) is 6.90. The highest BCUT2D eigenvalue weighted by molar-refractivity contribution is 5.94. The molecule has 2 aromatic rings. The summed E-state index contributed by atoms with van der Waals surface area (Å²) in [5.74, 6) is -0.0213. The molecule has 0 aliphatic rings. The smallest absolute Gasteiger partial charge is 0.253 e. The Morgan fingerprint density at radius 1 is 1.00 bits per heavy atom. The van der Waals surface area contributed by atoms with Crippen LogP contribution in [0.1, 0.15) is 45.0 Å². The van der Waals surface area contributed by atoms with Crippen LogP contribution in [-0.2, 0) is 0 Å². The van der Waals surface area contributed by atoms with Crippen molar-refractivity contribution in [2.24, 2.45) is 5.41 Å². The van der Waals surface area contributed by atoms with Crippen molar-refractivity contribution in [1.82, 2.24) is 0 Å². The monoisotopic (exact) mass is 314 g/mol. The Morgan fingerprint density at radius 3 is 2.00 bits per heavy atom. The quantitative estimate of drug-likeness (QED) is 0.655. The predicted molar refractivity (Wildman–Crippen MR) is 93.6 cm³/mol. The lowest BCUT2D eigenvalue weighted by Gasteiger charge is -2.30. The normalized spacial score (nSPS) is 12.9. The fourth-order valence-corrected chi connectivity index (χ4v) is 2.01. The summed E-state index contributed by atoms with van der Waals surface area (Å²) >= 11 is 0. The number of nitrogens with one attached hydrogen (secondary N) is 2. The van der Waals surface area contributed by atoms with Crippen LogP contribution in [0.5, 0.6) is 0 Å². The molecule has 0 radical (unpaired) electrons. The van der Waals surface area contributed by atoms with E-state index in [0.29, 0.717) is 16.9 Å². The molecule has 0 aliphatic carbocycles. The first-order valence-electron chi connectivity index (χ1n) is 7.59. The first kappa shape index (κ1) is 16.9. The highest BCUT2D eigenvalue weighted by Gasteiger charge is 2.26. The molecule has 1 atom stereocenters. The van der Waals surface area contributed by atoms with Crippen molar-refractivity contribution in [3.05, 3.63) is 50.3 Å². The van der Waals surface area contributed by atoms with Gasteiger partial charge in [0.1, 0.15) is 11.4 Å². The summed E-state index contributed by atoms with van der Waals surface area (Å²) in [6.45, 7) is 9.65. The van der Waals surface area contributed by atoms with Gasteiger partial charge in [-0.25, -0.2) is 0 Å². The van der Waals surface area contributed by atoms with Gasteiger partial charge in [-0.2, -0.15) is 0 Å². The molecule has 0 saturated carbocycles. The van der Waals surface area contributed by atoms with E-state index in [2.05, 4.69) is 31.4 Å². The number of carbonyl (C=O) groups is 1. The lowest BCUT2D eigenvalue weighted by molar-refractivity contribution is 0.101. The van der Waals surface area contributed by atoms with Crippen molar-refractivity contribution in [3.63, 3.8) is 0 Å². The van der Waals surface area contributed by atoms with Crippen molar-refractivity contribution >= 4 is 22.8 Å². The second-order valence-electron chi connectivity index (χ2n) is 6.90. The molecule has 0 heterocycles. The van der Waals surface area contributed by atoms with Gasteiger partial charge < -0.3 is 10.6 Å². The number of anilines is 3. The number of hydrogen-bond acceptors (Lipinski definition) is 5. The third-order valence-electron chi connectivity index (χ3n) is 4.13. The van der Waals surface area contributed by atoms with Crippen molar-refractivity contribution in [3.8, 4) is 0 Å². The lowest BCUT2D eigenvalue weighted by atomic mass is 9.87. The summed E-state index contributed by atoms with van der Waals surface area (Å²) in [5, 5.41) is 6.10. The molecule has 2 N–H and O–H groups in total. The van der Waals surface area contributed by atoms with Gasteiger partial charge in [-0.05, 0) is 43.5 Å². The van der Waals surface area contributed by atoms with Crippen LogP contribution >= 0.6 is 0 Å². The Balaban J connectivity index is 2.21. The van der Waals surface area contributed by atoms with E-state index in [9.17, 15) is 14.4 Å². The minimum atomic E-state index is -0.524. The maximum atomic E-state index is 11.8. The summed E-state index contributed by atoms with van der Waals surface area (Å²) in [6, 6.07) is 6.82. The van der Waals surface area contributed by atoms with Crippen LogP contribution in [0.3, 0.4) is 0 Å². The van der Waals surface area contributed by atoms with Crippen LogP contribution in [-0.4, -0.2) is 11.8 Å². The molecule has 0 saturated heterocycles. The van der Waals surface area contributed by atoms with E-state index in [1.54, 1.807) is 24.3 Å². The first-order chi connectivity index (χ1) is 10.6. The zero-order valence-electron chi connectivity index (χ0n) is 14.1. The van der Waals surface area contributed by atoms with Gasteiger partial charge in [-0.3, -0.25) is 14.4 Å². The first-order valence-corrected chi connectivity index (χ1v) is 7.59. The number of Topliss-reactive ketones (excluding diaryl/α,β-unsaturated/α-hetero) is 1. The van der Waals surface area contributed by atoms with Crippen LogP contribution in [0.2, 0.25) is 0 Å². The molecule has 0 aliphatic heterocycles. The fraction of sp³-hybridized carbons (Fsp3) is 0.389. The topological polar surface area (TPSA) is 75.3 Å². The highest BCUT2D eigenvalue weighted by atomic mass is 16.2. The average Bonchev–Trinajstić information content (AvgIpc) is 2.49. The molecule has 2 rings (SSSR count). The molecule has 0 fully saturated rings. The maximum Gasteiger partial charge on any atom is 0.253 e. The van der Waals surface area contributed by atoms with E-state index >= 15 is 0 Å². The minimum Gasteiger partial charge on any atom is -0.377 e. The molecule has 0 bridgehead atoms. The van der Waals surface area contributed by atoms with Gasteiger partial charge in [0, 0.05) is 17.3 Å². The van der Waals surface area contributed by atoms with Gasteiger partial charge in [0.25, 0.3) is 10.9 Å². The van der Waals surface area contributed by atoms with E-state index in [-0.39, 0.29) is 22.9 Å². The molecule has 2 aromatic carbocycles. The Labute approximate surface area is 135 Å². The van der Waals surface area contributed by atoms with E-state index in [1.807, 2.05) is 6.92 Å². The molecule has 5 nitrogen and oxygen atoms in total. The standard InChI is InChI=1S/C18H22N2O3/c1-10(21)12-6-8-13(9-7-12)20-15-14(16(22)17(15)23)19-11(2)18(3,4)5/h6-9,11,19-20H,1-5H3. The highest BCUT2D eigenvalue weighted by Crippen LogP contribution is 2.26. The predicted octanol–water partition coefficient (Wildman–Crippen LogP) is 3.08. The number of hydrogen-bond donors (Lipinski definition) is 2. The third kappa shape index (κ3) is 3.50. The van der Waals surface area contributed by atoms with Crippen LogP contribution in [0, 0.1) is 5.41 Å². The number of ketones is 1. The van der Waals surface area contributed by atoms with Crippen molar-refractivity contribution in [2.45, 2.75) is 40.7 Å². The molecule has 0 amide bonds. The summed E-state index contributed by atoms with van der Waals surface area (Å²) in [7, 11) is 0. The Bertz CT molecular complexity index is 791. The minimum absolute atomic E-state index is 0.0213. The van der Waals surface area contributed by atoms with Crippen molar-refractivity contribution in [1.29, 1.82) is 0 Å². The molecule has 1 unspecified atom stereocenters. The van der Waals surface area contributed by atoms with Gasteiger partial charge in [-0.15, -0.1) is 0 Å². The Hall–Kier alpha value is -2.43. The molecular weight excluding hydrogens is 292 g/mol. The fourth-order valence-electron chi connectivity index (χ4n) is 2.01. The summed E-state index contributed by atoms with van der Waals surface area (Å²) in [6.07, 6.45) is 0. The second kappa shape index (κ2) is 5.99. The lowest BCUT2D eigenvalue weighted by Crippen LogP contribution is -2.41. The third-order valence-corrected chi connectivity index (χ3v) is 4.13. The van der Waals surface area contributed by atoms with E-state index in [0.717, 1.165) is 0 Å². The summed E-state index contributed by atoms with van der Waals surface area (Å²) in [4.78, 5) is 34.9. The molecule has 5 heteroatoms. The average molecular weight is 314 g/mol. The van der Waals surface area contributed by atoms with Crippen molar-refractivity contribution < 1.29 is 4.79 Å². The number of benzene rings is 1. The molecule has 23 heavy (non-hydrogen) atoms. The SMILES string of the molecule is CC(=O)c1ccc(Nc2c(NC(C)C(C)(C)C)c(=O)c2=O)cc1. The van der Waals surface area contributed by atoms with Gasteiger partial charge in [0.2, 0.25) is 0 Å². The Morgan fingerprint density at radius 2 is 1.52 bits per heavy atom. The van der Waals surface area contributed by atoms with Crippen molar-refractivity contribution in [2.75, 3.05) is 10.6 Å². The van der Waals surface area contributed by atoms with E-state index < -0.39 is 10.9 Å². The number of rotatable bonds is 5. The van der Waals surface area contributed by atoms with Crippen LogP contribution in [0.25, 0.3) is 0 Å². The summed E-state index contributed by atoms with van der Waals surface area (Å²) < 4.78 is 0. The van der Waals surface area contributed by atoms with Gasteiger partial charge in [0.05, 0.1) is 0 Å². The van der Waals surface area contributed by atoms with Crippen LogP contribution in [0.15, 0.2) is 33.9 Å². The Kier molecular flexibility index (Phi) is 4.41. The molecular formula is C18H22N2O3. The zero-order chi connectivity index (χ0) is 17.4. The summed E-state index contributed by atoms with van der Waals surface area (Å²) in [5.41, 5.74) is 0.803. The maximum absolute atomic E-state index is 11.8. The molecule has 0 spiro atoms.